The lowest BCUT2D eigenvalue weighted by molar-refractivity contribution is -0.0268. The van der Waals surface area contributed by atoms with Crippen molar-refractivity contribution in [3.05, 3.63) is 60.2 Å². The number of phenolic OH excluding ortho intramolecular Hbond substituents is 1. The van der Waals surface area contributed by atoms with Crippen LogP contribution in [0.25, 0.3) is 0 Å². The molecule has 2 aromatic carbocycles. The molecule has 1 saturated heterocycles. The highest BCUT2D eigenvalue weighted by Gasteiger charge is 2.38. The molecule has 0 spiro atoms. The molecule has 6 nitrogen and oxygen atoms in total. The third-order valence-corrected chi connectivity index (χ3v) is 5.64. The summed E-state index contributed by atoms with van der Waals surface area (Å²) in [5.74, 6) is 0.220. The Morgan fingerprint density at radius 2 is 1.86 bits per heavy atom. The van der Waals surface area contributed by atoms with Crippen LogP contribution in [0.4, 0.5) is 5.69 Å². The fourth-order valence-corrected chi connectivity index (χ4v) is 4.07. The third-order valence-electron chi connectivity index (χ3n) is 5.64. The molecule has 0 aromatic heterocycles. The molecule has 0 saturated carbocycles. The largest absolute Gasteiger partial charge is 0.508 e. The highest BCUT2D eigenvalue weighted by atomic mass is 16.3. The number of hydrazone groups is 1. The molecule has 28 heavy (non-hydrogen) atoms. The smallest absolute Gasteiger partial charge is 0.253 e. The molecule has 0 bridgehead atoms. The fourth-order valence-electron chi connectivity index (χ4n) is 4.07. The minimum Gasteiger partial charge on any atom is -0.508 e. The van der Waals surface area contributed by atoms with Gasteiger partial charge in [-0.05, 0) is 43.5 Å². The van der Waals surface area contributed by atoms with Crippen molar-refractivity contribution in [2.24, 2.45) is 5.10 Å². The zero-order valence-corrected chi connectivity index (χ0v) is 15.7. The maximum atomic E-state index is 12.6. The van der Waals surface area contributed by atoms with E-state index >= 15 is 0 Å². The van der Waals surface area contributed by atoms with Gasteiger partial charge in [0.1, 0.15) is 5.75 Å². The Labute approximate surface area is 164 Å². The van der Waals surface area contributed by atoms with Crippen LogP contribution < -0.4 is 5.01 Å². The van der Waals surface area contributed by atoms with Crippen molar-refractivity contribution in [3.63, 3.8) is 0 Å². The fraction of sp³-hybridized carbons (Fsp3) is 0.364. The molecule has 2 aromatic rings. The normalized spacial score (nSPS) is 21.1. The van der Waals surface area contributed by atoms with Crippen LogP contribution >= 0.6 is 0 Å². The van der Waals surface area contributed by atoms with Crippen molar-refractivity contribution in [2.75, 3.05) is 18.1 Å². The summed E-state index contributed by atoms with van der Waals surface area (Å²) < 4.78 is 0. The number of aliphatic hydroxyl groups is 1. The molecule has 6 heteroatoms. The lowest BCUT2D eigenvalue weighted by Crippen LogP contribution is -2.49. The number of anilines is 1. The van der Waals surface area contributed by atoms with Crippen molar-refractivity contribution in [1.29, 1.82) is 0 Å². The lowest BCUT2D eigenvalue weighted by atomic mass is 9.84. The zero-order valence-electron chi connectivity index (χ0n) is 15.7. The van der Waals surface area contributed by atoms with Crippen LogP contribution in [-0.4, -0.2) is 52.0 Å². The van der Waals surface area contributed by atoms with E-state index in [4.69, 9.17) is 0 Å². The number of carbonyl (C=O) groups is 1. The summed E-state index contributed by atoms with van der Waals surface area (Å²) in [5, 5.41) is 27.2. The SMILES string of the molecule is O=C(c1ccccc1)N1CCC(O)(CC2CC=NN2c2cccc(O)c2)CC1. The minimum absolute atomic E-state index is 0.0215. The van der Waals surface area contributed by atoms with Gasteiger partial charge < -0.3 is 15.1 Å². The molecule has 1 unspecified atom stereocenters. The van der Waals surface area contributed by atoms with Gasteiger partial charge in [0.15, 0.2) is 0 Å². The summed E-state index contributed by atoms with van der Waals surface area (Å²) in [7, 11) is 0. The van der Waals surface area contributed by atoms with Crippen molar-refractivity contribution in [2.45, 2.75) is 37.3 Å². The van der Waals surface area contributed by atoms with Crippen LogP contribution in [0, 0.1) is 0 Å². The van der Waals surface area contributed by atoms with E-state index in [0.29, 0.717) is 37.9 Å². The average molecular weight is 379 g/mol. The highest BCUT2D eigenvalue weighted by molar-refractivity contribution is 5.94. The Bertz CT molecular complexity index is 860. The van der Waals surface area contributed by atoms with Gasteiger partial charge in [-0.1, -0.05) is 24.3 Å². The van der Waals surface area contributed by atoms with Crippen molar-refractivity contribution < 1.29 is 15.0 Å². The second-order valence-corrected chi connectivity index (χ2v) is 7.64. The molecule has 2 N–H and O–H groups in total. The molecule has 4 rings (SSSR count). The first-order valence-electron chi connectivity index (χ1n) is 9.71. The van der Waals surface area contributed by atoms with E-state index < -0.39 is 5.60 Å². The predicted molar refractivity (Wildman–Crippen MR) is 109 cm³/mol. The van der Waals surface area contributed by atoms with Gasteiger partial charge in [-0.25, -0.2) is 0 Å². The summed E-state index contributed by atoms with van der Waals surface area (Å²) in [6, 6.07) is 16.3. The van der Waals surface area contributed by atoms with E-state index in [1.165, 1.54) is 0 Å². The van der Waals surface area contributed by atoms with Gasteiger partial charge in [-0.3, -0.25) is 9.80 Å². The number of likely N-dealkylation sites (tertiary alicyclic amines) is 1. The summed E-state index contributed by atoms with van der Waals surface area (Å²) in [5.41, 5.74) is 0.687. The van der Waals surface area contributed by atoms with Crippen LogP contribution in [0.1, 0.15) is 36.0 Å². The topological polar surface area (TPSA) is 76.4 Å². The Morgan fingerprint density at radius 3 is 2.57 bits per heavy atom. The number of carbonyl (C=O) groups excluding carboxylic acids is 1. The van der Waals surface area contributed by atoms with Gasteiger partial charge in [0.25, 0.3) is 5.91 Å². The summed E-state index contributed by atoms with van der Waals surface area (Å²) in [6.07, 6.45) is 4.29. The number of benzene rings is 2. The molecular formula is C22H25N3O3. The molecule has 1 amide bonds. The van der Waals surface area contributed by atoms with Crippen LogP contribution in [0.5, 0.6) is 5.75 Å². The summed E-state index contributed by atoms with van der Waals surface area (Å²) >= 11 is 0. The van der Waals surface area contributed by atoms with Gasteiger partial charge in [0.2, 0.25) is 0 Å². The van der Waals surface area contributed by atoms with Gasteiger partial charge >= 0.3 is 0 Å². The number of aromatic hydroxyl groups is 1. The van der Waals surface area contributed by atoms with Gasteiger partial charge in [-0.2, -0.15) is 5.10 Å². The Hall–Kier alpha value is -2.86. The van der Waals surface area contributed by atoms with Gasteiger partial charge in [0.05, 0.1) is 17.3 Å². The second-order valence-electron chi connectivity index (χ2n) is 7.64. The van der Waals surface area contributed by atoms with E-state index in [1.807, 2.05) is 52.5 Å². The van der Waals surface area contributed by atoms with Gasteiger partial charge in [-0.15, -0.1) is 0 Å². The summed E-state index contributed by atoms with van der Waals surface area (Å²) in [4.78, 5) is 14.4. The number of hydrogen-bond acceptors (Lipinski definition) is 5. The Morgan fingerprint density at radius 1 is 1.11 bits per heavy atom. The molecular weight excluding hydrogens is 354 g/mol. The molecule has 146 valence electrons. The first-order chi connectivity index (χ1) is 13.5. The third kappa shape index (κ3) is 3.87. The highest BCUT2D eigenvalue weighted by Crippen LogP contribution is 2.34. The van der Waals surface area contributed by atoms with E-state index in [0.717, 1.165) is 12.1 Å². The van der Waals surface area contributed by atoms with Crippen LogP contribution in [0.2, 0.25) is 0 Å². The summed E-state index contributed by atoms with van der Waals surface area (Å²) in [6.45, 7) is 1.09. The number of piperidine rings is 1. The second kappa shape index (κ2) is 7.64. The molecule has 0 radical (unpaired) electrons. The number of rotatable bonds is 4. The quantitative estimate of drug-likeness (QED) is 0.856. The average Bonchev–Trinajstić information content (AvgIpc) is 3.16. The molecule has 2 aliphatic heterocycles. The lowest BCUT2D eigenvalue weighted by Gasteiger charge is -2.40. The van der Waals surface area contributed by atoms with E-state index in [9.17, 15) is 15.0 Å². The van der Waals surface area contributed by atoms with Crippen LogP contribution in [0.3, 0.4) is 0 Å². The standard InChI is InChI=1S/C22H25N3O3/c26-20-8-4-7-18(15-20)25-19(9-12-23-25)16-22(28)10-13-24(14-11-22)21(27)17-5-2-1-3-6-17/h1-8,12,15,19,26,28H,9-11,13-14,16H2. The molecule has 2 heterocycles. The molecule has 1 fully saturated rings. The number of nitrogens with zero attached hydrogens (tertiary/aromatic N) is 3. The number of phenols is 1. The Balaban J connectivity index is 1.39. The number of hydrogen-bond donors (Lipinski definition) is 2. The van der Waals surface area contributed by atoms with Crippen molar-refractivity contribution in [3.8, 4) is 5.75 Å². The first-order valence-corrected chi connectivity index (χ1v) is 9.71. The van der Waals surface area contributed by atoms with Crippen LogP contribution in [0.15, 0.2) is 59.7 Å². The van der Waals surface area contributed by atoms with Crippen molar-refractivity contribution in [1.82, 2.24) is 4.90 Å². The minimum atomic E-state index is -0.819. The van der Waals surface area contributed by atoms with E-state index in [1.54, 1.807) is 18.2 Å². The zero-order chi connectivity index (χ0) is 19.6. The molecule has 0 aliphatic carbocycles. The monoisotopic (exact) mass is 379 g/mol. The molecule has 1 atom stereocenters. The number of amides is 1. The first kappa shape index (κ1) is 18.5. The van der Waals surface area contributed by atoms with E-state index in [-0.39, 0.29) is 17.7 Å². The van der Waals surface area contributed by atoms with Crippen LogP contribution in [-0.2, 0) is 0 Å². The van der Waals surface area contributed by atoms with Gasteiger partial charge in [0, 0.05) is 37.4 Å². The Kier molecular flexibility index (Phi) is 5.05. The maximum absolute atomic E-state index is 12.6. The van der Waals surface area contributed by atoms with E-state index in [2.05, 4.69) is 5.10 Å². The van der Waals surface area contributed by atoms with Crippen molar-refractivity contribution >= 4 is 17.8 Å². The maximum Gasteiger partial charge on any atom is 0.253 e. The predicted octanol–water partition coefficient (Wildman–Crippen LogP) is 3.01. The molecule has 2 aliphatic rings.